The molecule has 0 aliphatic carbocycles. The highest BCUT2D eigenvalue weighted by atomic mass is 16.1. The number of nitrogens with one attached hydrogen (secondary N) is 2. The van der Waals surface area contributed by atoms with Crippen LogP contribution in [0, 0.1) is 0 Å². The number of ketones is 1. The van der Waals surface area contributed by atoms with Crippen molar-refractivity contribution in [2.24, 2.45) is 4.99 Å². The molecule has 0 bridgehead atoms. The van der Waals surface area contributed by atoms with Gasteiger partial charge in [0.2, 0.25) is 0 Å². The van der Waals surface area contributed by atoms with Crippen LogP contribution in [-0.2, 0) is 4.79 Å². The molecule has 18 heavy (non-hydrogen) atoms. The van der Waals surface area contributed by atoms with Gasteiger partial charge >= 0.3 is 0 Å². The maximum Gasteiger partial charge on any atom is 0.157 e. The number of Topliss-reactive ketones (excluding diaryl/α,β-unsaturated/α-hetero) is 1. The molecule has 3 rings (SSSR count). The molecule has 5 nitrogen and oxygen atoms in total. The van der Waals surface area contributed by atoms with Crippen molar-refractivity contribution in [3.63, 3.8) is 0 Å². The fraction of sp³-hybridized carbons (Fsp3) is 0.538. The van der Waals surface area contributed by atoms with Crippen LogP contribution in [0.5, 0.6) is 0 Å². The highest BCUT2D eigenvalue weighted by molar-refractivity contribution is 5.85. The van der Waals surface area contributed by atoms with Crippen LogP contribution in [0.1, 0.15) is 19.8 Å². The molecule has 1 saturated heterocycles. The normalized spacial score (nSPS) is 30.5. The summed E-state index contributed by atoms with van der Waals surface area (Å²) < 4.78 is 0. The van der Waals surface area contributed by atoms with Gasteiger partial charge in [0.15, 0.2) is 11.9 Å². The molecule has 5 heteroatoms. The Morgan fingerprint density at radius 3 is 3.33 bits per heavy atom. The summed E-state index contributed by atoms with van der Waals surface area (Å²) in [5.74, 6) is 0.257. The van der Waals surface area contributed by atoms with E-state index in [1.54, 1.807) is 0 Å². The number of rotatable bonds is 2. The summed E-state index contributed by atoms with van der Waals surface area (Å²) in [5, 5.41) is 5.34. The Balaban J connectivity index is 1.95. The summed E-state index contributed by atoms with van der Waals surface area (Å²) in [4.78, 5) is 16.1. The number of carbonyl (C=O) groups is 1. The van der Waals surface area contributed by atoms with Gasteiger partial charge in [0.25, 0.3) is 0 Å². The Morgan fingerprint density at radius 1 is 1.61 bits per heavy atom. The zero-order valence-electron chi connectivity index (χ0n) is 10.5. The van der Waals surface area contributed by atoms with Crippen LogP contribution in [0.4, 0.5) is 0 Å². The minimum atomic E-state index is 0.0353. The van der Waals surface area contributed by atoms with Crippen LogP contribution in [0.15, 0.2) is 28.4 Å². The molecule has 0 aromatic heterocycles. The highest BCUT2D eigenvalue weighted by Gasteiger charge is 2.36. The first-order valence-electron chi connectivity index (χ1n) is 6.48. The van der Waals surface area contributed by atoms with Crippen molar-refractivity contribution >= 4 is 12.0 Å². The van der Waals surface area contributed by atoms with E-state index in [2.05, 4.69) is 28.7 Å². The Labute approximate surface area is 107 Å². The molecule has 0 saturated carbocycles. The van der Waals surface area contributed by atoms with Crippen molar-refractivity contribution in [3.05, 3.63) is 23.4 Å². The lowest BCUT2D eigenvalue weighted by Gasteiger charge is -2.42. The minimum Gasteiger partial charge on any atom is -0.300 e. The number of allylic oxidation sites excluding steroid dienone is 1. The second-order valence-electron chi connectivity index (χ2n) is 4.80. The van der Waals surface area contributed by atoms with Crippen molar-refractivity contribution in [1.29, 1.82) is 0 Å². The third kappa shape index (κ3) is 1.89. The topological polar surface area (TPSA) is 56.7 Å². The molecule has 3 aliphatic rings. The molecule has 2 unspecified atom stereocenters. The van der Waals surface area contributed by atoms with Gasteiger partial charge in [-0.15, -0.1) is 0 Å². The Hall–Kier alpha value is -1.46. The first kappa shape index (κ1) is 11.6. The average Bonchev–Trinajstić information content (AvgIpc) is 2.39. The Kier molecular flexibility index (Phi) is 3.01. The predicted molar refractivity (Wildman–Crippen MR) is 70.0 cm³/mol. The Bertz CT molecular complexity index is 452. The number of hydrogen-bond donors (Lipinski definition) is 2. The first-order valence-corrected chi connectivity index (χ1v) is 6.48. The van der Waals surface area contributed by atoms with Gasteiger partial charge in [-0.25, -0.2) is 5.43 Å². The van der Waals surface area contributed by atoms with E-state index in [0.717, 1.165) is 18.5 Å². The maximum atomic E-state index is 11.6. The number of dihydropyridines is 1. The van der Waals surface area contributed by atoms with Crippen molar-refractivity contribution in [1.82, 2.24) is 15.8 Å². The van der Waals surface area contributed by atoms with E-state index in [-0.39, 0.29) is 18.0 Å². The molecule has 0 aromatic carbocycles. The van der Waals surface area contributed by atoms with E-state index >= 15 is 0 Å². The molecule has 1 fully saturated rings. The molecule has 3 aliphatic heterocycles. The van der Waals surface area contributed by atoms with Gasteiger partial charge in [0.05, 0.1) is 12.6 Å². The molecule has 96 valence electrons. The van der Waals surface area contributed by atoms with Gasteiger partial charge < -0.3 is 0 Å². The molecule has 0 amide bonds. The molecular weight excluding hydrogens is 228 g/mol. The number of nitrogens with zero attached hydrogens (tertiary/aromatic N) is 2. The van der Waals surface area contributed by atoms with Crippen LogP contribution in [0.2, 0.25) is 0 Å². The fourth-order valence-corrected chi connectivity index (χ4v) is 2.80. The molecule has 3 heterocycles. The third-order valence-corrected chi connectivity index (χ3v) is 3.52. The third-order valence-electron chi connectivity index (χ3n) is 3.52. The van der Waals surface area contributed by atoms with Gasteiger partial charge in [-0.1, -0.05) is 13.0 Å². The van der Waals surface area contributed by atoms with E-state index in [4.69, 9.17) is 0 Å². The Morgan fingerprint density at radius 2 is 2.50 bits per heavy atom. The largest absolute Gasteiger partial charge is 0.300 e. The summed E-state index contributed by atoms with van der Waals surface area (Å²) in [6, 6.07) is 0.194. The van der Waals surface area contributed by atoms with E-state index in [0.29, 0.717) is 13.0 Å². The minimum absolute atomic E-state index is 0.0353. The number of hydrazine groups is 1. The van der Waals surface area contributed by atoms with Crippen LogP contribution in [0.3, 0.4) is 0 Å². The molecule has 0 radical (unpaired) electrons. The number of fused-ring (bicyclic) bond motifs is 3. The highest BCUT2D eigenvalue weighted by Crippen LogP contribution is 2.31. The quantitative estimate of drug-likeness (QED) is 0.691. The van der Waals surface area contributed by atoms with E-state index in [9.17, 15) is 4.79 Å². The van der Waals surface area contributed by atoms with Crippen LogP contribution >= 0.6 is 0 Å². The first-order chi connectivity index (χ1) is 8.79. The number of carbonyl (C=O) groups excluding carboxylic acids is 1. The molecule has 2 N–H and O–H groups in total. The monoisotopic (exact) mass is 246 g/mol. The van der Waals surface area contributed by atoms with Crippen molar-refractivity contribution in [3.8, 4) is 0 Å². The van der Waals surface area contributed by atoms with E-state index < -0.39 is 0 Å². The van der Waals surface area contributed by atoms with Gasteiger partial charge in [-0.3, -0.25) is 20.1 Å². The van der Waals surface area contributed by atoms with Gasteiger partial charge in [0, 0.05) is 31.8 Å². The zero-order valence-corrected chi connectivity index (χ0v) is 10.5. The standard InChI is InChI=1S/C13H18N4O/c1-2-16-17-8-9-6-10(18)7-15-12(9)11-4-3-5-14-13(11)17/h4-5,8,12-13,15-16H,2-3,6-7H2,1H3. The molecule has 0 spiro atoms. The lowest BCUT2D eigenvalue weighted by Crippen LogP contribution is -2.54. The number of aliphatic imine (C=N–C) groups is 1. The molecular formula is C13H18N4O. The summed E-state index contributed by atoms with van der Waals surface area (Å²) >= 11 is 0. The summed E-state index contributed by atoms with van der Waals surface area (Å²) in [5.41, 5.74) is 5.71. The SMILES string of the molecule is CCNN1C=C2CC(=O)CNC2C2=CCC=NC21. The summed E-state index contributed by atoms with van der Waals surface area (Å²) in [7, 11) is 0. The second-order valence-corrected chi connectivity index (χ2v) is 4.80. The van der Waals surface area contributed by atoms with Crippen LogP contribution < -0.4 is 10.7 Å². The summed E-state index contributed by atoms with van der Waals surface area (Å²) in [6.45, 7) is 3.37. The number of hydrogen-bond acceptors (Lipinski definition) is 5. The lowest BCUT2D eigenvalue weighted by atomic mass is 9.86. The smallest absolute Gasteiger partial charge is 0.157 e. The number of piperidine rings is 1. The van der Waals surface area contributed by atoms with Gasteiger partial charge in [0.1, 0.15) is 0 Å². The van der Waals surface area contributed by atoms with Crippen LogP contribution in [0.25, 0.3) is 0 Å². The van der Waals surface area contributed by atoms with Crippen molar-refractivity contribution < 1.29 is 4.79 Å². The predicted octanol–water partition coefficient (Wildman–Crippen LogP) is 0.368. The molecule has 2 atom stereocenters. The molecule has 0 aromatic rings. The summed E-state index contributed by atoms with van der Waals surface area (Å²) in [6.07, 6.45) is 7.68. The fourth-order valence-electron chi connectivity index (χ4n) is 2.80. The lowest BCUT2D eigenvalue weighted by molar-refractivity contribution is -0.118. The van der Waals surface area contributed by atoms with Crippen LogP contribution in [-0.4, -0.2) is 42.3 Å². The average molecular weight is 246 g/mol. The van der Waals surface area contributed by atoms with E-state index in [1.165, 1.54) is 5.57 Å². The maximum absolute atomic E-state index is 11.6. The van der Waals surface area contributed by atoms with Crippen molar-refractivity contribution in [2.75, 3.05) is 13.1 Å². The second kappa shape index (κ2) is 4.66. The van der Waals surface area contributed by atoms with E-state index in [1.807, 2.05) is 17.4 Å². The zero-order chi connectivity index (χ0) is 12.5. The van der Waals surface area contributed by atoms with Gasteiger partial charge in [-0.05, 0) is 11.1 Å². The van der Waals surface area contributed by atoms with Gasteiger partial charge in [-0.2, -0.15) is 0 Å². The van der Waals surface area contributed by atoms with Crippen molar-refractivity contribution in [2.45, 2.75) is 32.0 Å².